The zero-order valence-electron chi connectivity index (χ0n) is 16.8. The topological polar surface area (TPSA) is 109 Å². The molecular weight excluding hydrogens is 380 g/mol. The summed E-state index contributed by atoms with van der Waals surface area (Å²) in [4.78, 5) is 25.4. The van der Waals surface area contributed by atoms with Crippen LogP contribution in [0.3, 0.4) is 0 Å². The van der Waals surface area contributed by atoms with Crippen molar-refractivity contribution in [2.75, 3.05) is 32.7 Å². The summed E-state index contributed by atoms with van der Waals surface area (Å²) < 4.78 is 26.8. The molecule has 0 aliphatic carbocycles. The van der Waals surface area contributed by atoms with E-state index in [2.05, 4.69) is 22.3 Å². The highest BCUT2D eigenvalue weighted by atomic mass is 32.2. The van der Waals surface area contributed by atoms with Crippen LogP contribution in [-0.2, 0) is 19.6 Å². The molecule has 1 aliphatic heterocycles. The molecule has 156 valence electrons. The molecule has 0 saturated carbocycles. The van der Waals surface area contributed by atoms with Crippen LogP contribution in [0.25, 0.3) is 0 Å². The van der Waals surface area contributed by atoms with Crippen molar-refractivity contribution >= 4 is 21.8 Å². The van der Waals surface area contributed by atoms with Gasteiger partial charge in [-0.3, -0.25) is 9.59 Å². The highest BCUT2D eigenvalue weighted by molar-refractivity contribution is 7.89. The first kappa shape index (κ1) is 22.3. The van der Waals surface area contributed by atoms with E-state index >= 15 is 0 Å². The molecule has 0 spiro atoms. The van der Waals surface area contributed by atoms with E-state index in [4.69, 9.17) is 0 Å². The van der Waals surface area contributed by atoms with Gasteiger partial charge in [0, 0.05) is 12.8 Å². The summed E-state index contributed by atoms with van der Waals surface area (Å²) in [6.45, 7) is 8.04. The van der Waals surface area contributed by atoms with Crippen LogP contribution in [-0.4, -0.2) is 59.0 Å². The largest absolute Gasteiger partial charge is 0.349 e. The van der Waals surface area contributed by atoms with Crippen molar-refractivity contribution in [1.82, 2.24) is 15.4 Å². The molecule has 0 aromatic heterocycles. The van der Waals surface area contributed by atoms with Crippen LogP contribution >= 0.6 is 0 Å². The van der Waals surface area contributed by atoms with E-state index in [1.54, 1.807) is 12.1 Å². The Labute approximate surface area is 167 Å². The molecule has 2 rings (SSSR count). The molecule has 9 heteroatoms. The lowest BCUT2D eigenvalue weighted by Gasteiger charge is -2.20. The van der Waals surface area contributed by atoms with E-state index in [-0.39, 0.29) is 17.3 Å². The van der Waals surface area contributed by atoms with Crippen LogP contribution in [0.1, 0.15) is 30.9 Å². The number of rotatable bonds is 9. The number of sulfonamides is 1. The highest BCUT2D eigenvalue weighted by Gasteiger charge is 2.27. The maximum absolute atomic E-state index is 12.3. The Morgan fingerprint density at radius 3 is 2.50 bits per heavy atom. The maximum Gasteiger partial charge on any atom is 0.241 e. The molecule has 2 amide bonds. The Hall–Kier alpha value is -1.97. The van der Waals surface area contributed by atoms with E-state index in [1.807, 2.05) is 13.8 Å². The molecule has 1 aliphatic rings. The normalized spacial score (nSPS) is 19.4. The first-order chi connectivity index (χ1) is 13.2. The molecule has 1 unspecified atom stereocenters. The number of benzene rings is 1. The summed E-state index contributed by atoms with van der Waals surface area (Å²) in [5, 5.41) is 5.28. The molecule has 1 heterocycles. The van der Waals surface area contributed by atoms with Crippen LogP contribution < -0.4 is 20.3 Å². The Kier molecular flexibility index (Phi) is 7.97. The van der Waals surface area contributed by atoms with Gasteiger partial charge in [0.15, 0.2) is 0 Å². The van der Waals surface area contributed by atoms with Gasteiger partial charge >= 0.3 is 0 Å². The Morgan fingerprint density at radius 2 is 1.82 bits per heavy atom. The van der Waals surface area contributed by atoms with E-state index in [1.165, 1.54) is 17.4 Å². The minimum atomic E-state index is -3.78. The number of aryl methyl sites for hydroxylation is 2. The fourth-order valence-electron chi connectivity index (χ4n) is 3.36. The third-order valence-corrected chi connectivity index (χ3v) is 6.68. The van der Waals surface area contributed by atoms with Gasteiger partial charge < -0.3 is 15.5 Å². The Balaban J connectivity index is 1.73. The first-order valence-electron chi connectivity index (χ1n) is 9.68. The lowest BCUT2D eigenvalue weighted by atomic mass is 10.1. The number of quaternary nitrogens is 1. The SMILES string of the molecule is CC[NH+]1CCC[C@@H]1CNC(=O)CNC(=O)CNS(=O)(=O)c1ccc(C)c(C)c1. The zero-order chi connectivity index (χ0) is 20.7. The third kappa shape index (κ3) is 6.29. The van der Waals surface area contributed by atoms with E-state index in [9.17, 15) is 18.0 Å². The van der Waals surface area contributed by atoms with Crippen LogP contribution in [0.2, 0.25) is 0 Å². The molecule has 1 aromatic carbocycles. The van der Waals surface area contributed by atoms with Gasteiger partial charge in [0.25, 0.3) is 0 Å². The minimum absolute atomic E-state index is 0.112. The monoisotopic (exact) mass is 411 g/mol. The third-order valence-electron chi connectivity index (χ3n) is 5.29. The standard InChI is InChI=1S/C19H30N4O4S/c1-4-23-9-5-6-16(23)11-20-18(24)12-21-19(25)13-22-28(26,27)17-8-7-14(2)15(3)10-17/h7-8,10,16,22H,4-6,9,11-13H2,1-3H3,(H,20,24)(H,21,25)/p+1/t16-/m1/s1. The second kappa shape index (κ2) is 9.99. The van der Waals surface area contributed by atoms with E-state index < -0.39 is 22.5 Å². The van der Waals surface area contributed by atoms with Crippen LogP contribution in [0.4, 0.5) is 0 Å². The summed E-state index contributed by atoms with van der Waals surface area (Å²) in [5.74, 6) is -0.822. The lowest BCUT2D eigenvalue weighted by Crippen LogP contribution is -3.14. The summed E-state index contributed by atoms with van der Waals surface area (Å²) in [5.41, 5.74) is 1.85. The molecule has 0 bridgehead atoms. The average Bonchev–Trinajstić information content (AvgIpc) is 3.12. The summed E-state index contributed by atoms with van der Waals surface area (Å²) in [6, 6.07) is 5.21. The Bertz CT molecular complexity index is 810. The fourth-order valence-corrected chi connectivity index (χ4v) is 4.43. The van der Waals surface area contributed by atoms with Crippen LogP contribution in [0.15, 0.2) is 23.1 Å². The minimum Gasteiger partial charge on any atom is -0.349 e. The van der Waals surface area contributed by atoms with Crippen molar-refractivity contribution in [3.8, 4) is 0 Å². The van der Waals surface area contributed by atoms with E-state index in [0.717, 1.165) is 30.6 Å². The smallest absolute Gasteiger partial charge is 0.241 e. The number of carbonyl (C=O) groups excluding carboxylic acids is 2. The van der Waals surface area contributed by atoms with Gasteiger partial charge in [-0.2, -0.15) is 0 Å². The van der Waals surface area contributed by atoms with Crippen molar-refractivity contribution in [1.29, 1.82) is 0 Å². The molecule has 1 fully saturated rings. The number of amides is 2. The van der Waals surface area contributed by atoms with Gasteiger partial charge in [-0.1, -0.05) is 6.07 Å². The van der Waals surface area contributed by atoms with Gasteiger partial charge in [-0.05, 0) is 44.0 Å². The lowest BCUT2D eigenvalue weighted by molar-refractivity contribution is -0.909. The maximum atomic E-state index is 12.3. The first-order valence-corrected chi connectivity index (χ1v) is 11.2. The predicted molar refractivity (Wildman–Crippen MR) is 107 cm³/mol. The van der Waals surface area contributed by atoms with Gasteiger partial charge in [-0.25, -0.2) is 13.1 Å². The van der Waals surface area contributed by atoms with Crippen molar-refractivity contribution in [2.24, 2.45) is 0 Å². The number of hydrogen-bond acceptors (Lipinski definition) is 4. The fraction of sp³-hybridized carbons (Fsp3) is 0.579. The van der Waals surface area contributed by atoms with Crippen molar-refractivity contribution < 1.29 is 22.9 Å². The zero-order valence-corrected chi connectivity index (χ0v) is 17.6. The number of carbonyl (C=O) groups is 2. The van der Waals surface area contributed by atoms with Crippen molar-refractivity contribution in [3.05, 3.63) is 29.3 Å². The molecule has 0 radical (unpaired) electrons. The summed E-state index contributed by atoms with van der Waals surface area (Å²) >= 11 is 0. The molecule has 2 atom stereocenters. The van der Waals surface area contributed by atoms with Crippen LogP contribution in [0, 0.1) is 13.8 Å². The van der Waals surface area contributed by atoms with E-state index in [0.29, 0.717) is 12.6 Å². The summed E-state index contributed by atoms with van der Waals surface area (Å²) in [6.07, 6.45) is 2.26. The predicted octanol–water partition coefficient (Wildman–Crippen LogP) is -1.12. The number of nitrogens with one attached hydrogen (secondary N) is 4. The molecule has 28 heavy (non-hydrogen) atoms. The van der Waals surface area contributed by atoms with Crippen molar-refractivity contribution in [2.45, 2.75) is 44.6 Å². The quantitative estimate of drug-likeness (QED) is 0.413. The molecule has 4 N–H and O–H groups in total. The van der Waals surface area contributed by atoms with Crippen LogP contribution in [0.5, 0.6) is 0 Å². The number of hydrogen-bond donors (Lipinski definition) is 4. The van der Waals surface area contributed by atoms with Gasteiger partial charge in [0.05, 0.1) is 37.6 Å². The molecular formula is C19H31N4O4S+. The number of likely N-dealkylation sites (N-methyl/N-ethyl adjacent to an activating group) is 1. The second-order valence-corrected chi connectivity index (χ2v) is 9.02. The van der Waals surface area contributed by atoms with Gasteiger partial charge in [0.2, 0.25) is 21.8 Å². The second-order valence-electron chi connectivity index (χ2n) is 7.25. The highest BCUT2D eigenvalue weighted by Crippen LogP contribution is 2.14. The average molecular weight is 412 g/mol. The summed E-state index contributed by atoms with van der Waals surface area (Å²) in [7, 11) is -3.78. The van der Waals surface area contributed by atoms with Crippen molar-refractivity contribution in [3.63, 3.8) is 0 Å². The molecule has 8 nitrogen and oxygen atoms in total. The van der Waals surface area contributed by atoms with Gasteiger partial charge in [-0.15, -0.1) is 0 Å². The molecule has 1 saturated heterocycles. The van der Waals surface area contributed by atoms with Gasteiger partial charge in [0.1, 0.15) is 6.04 Å². The molecule has 1 aromatic rings. The Morgan fingerprint density at radius 1 is 1.11 bits per heavy atom. The number of likely N-dealkylation sites (tertiary alicyclic amines) is 1.